The predicted octanol–water partition coefficient (Wildman–Crippen LogP) is 2.49. The van der Waals surface area contributed by atoms with E-state index in [0.29, 0.717) is 12.2 Å². The van der Waals surface area contributed by atoms with E-state index in [4.69, 9.17) is 11.5 Å². The third-order valence-electron chi connectivity index (χ3n) is 2.57. The van der Waals surface area contributed by atoms with Gasteiger partial charge in [-0.1, -0.05) is 19.9 Å². The number of halogens is 1. The van der Waals surface area contributed by atoms with Crippen molar-refractivity contribution in [2.75, 3.05) is 5.73 Å². The Morgan fingerprint density at radius 1 is 1.50 bits per heavy atom. The molecule has 1 aromatic rings. The average Bonchev–Trinajstić information content (AvgIpc) is 2.16. The van der Waals surface area contributed by atoms with Crippen LogP contribution in [0.4, 0.5) is 10.2 Å². The molecule has 1 rings (SSSR count). The largest absolute Gasteiger partial charge is 0.384 e. The fourth-order valence-electron chi connectivity index (χ4n) is 1.53. The molecule has 1 aromatic heterocycles. The lowest BCUT2D eigenvalue weighted by Gasteiger charge is -2.23. The van der Waals surface area contributed by atoms with Gasteiger partial charge in [-0.05, 0) is 31.1 Å². The van der Waals surface area contributed by atoms with Crippen LogP contribution in [0, 0.1) is 0 Å². The molecule has 0 atom stereocenters. The average molecular weight is 223 g/mol. The zero-order valence-electron chi connectivity index (χ0n) is 9.70. The Kier molecular flexibility index (Phi) is 3.88. The van der Waals surface area contributed by atoms with Crippen molar-refractivity contribution >= 4 is 5.82 Å². The molecule has 4 heteroatoms. The fourth-order valence-corrected chi connectivity index (χ4v) is 1.53. The van der Waals surface area contributed by atoms with E-state index in [1.165, 1.54) is 6.08 Å². The Hall–Kier alpha value is -1.58. The number of allylic oxidation sites excluding steroid dienone is 1. The molecule has 0 spiro atoms. The second kappa shape index (κ2) is 4.96. The highest BCUT2D eigenvalue weighted by atomic mass is 19.1. The molecule has 0 saturated heterocycles. The third kappa shape index (κ3) is 3.53. The summed E-state index contributed by atoms with van der Waals surface area (Å²) in [7, 11) is 0. The number of hydrogen-bond donors (Lipinski definition) is 2. The molecule has 0 saturated carbocycles. The van der Waals surface area contributed by atoms with Gasteiger partial charge in [0, 0.05) is 11.1 Å². The first-order valence-electron chi connectivity index (χ1n) is 5.26. The van der Waals surface area contributed by atoms with E-state index < -0.39 is 5.95 Å². The first-order chi connectivity index (χ1) is 7.42. The van der Waals surface area contributed by atoms with Crippen molar-refractivity contribution in [2.45, 2.75) is 32.1 Å². The van der Waals surface area contributed by atoms with Gasteiger partial charge < -0.3 is 11.5 Å². The van der Waals surface area contributed by atoms with Crippen molar-refractivity contribution in [3.05, 3.63) is 35.9 Å². The number of nitrogens with zero attached hydrogens (tertiary/aromatic N) is 1. The van der Waals surface area contributed by atoms with Crippen molar-refractivity contribution in [2.24, 2.45) is 5.73 Å². The Bertz CT molecular complexity index is 382. The summed E-state index contributed by atoms with van der Waals surface area (Å²) in [5.41, 5.74) is 11.4. The zero-order chi connectivity index (χ0) is 12.2. The van der Waals surface area contributed by atoms with Gasteiger partial charge in [0.2, 0.25) is 0 Å². The SMILES string of the molecule is CC(C)(CC/C=C(\N)F)c1cccc(N)n1. The van der Waals surface area contributed by atoms with Crippen molar-refractivity contribution < 1.29 is 4.39 Å². The van der Waals surface area contributed by atoms with E-state index in [9.17, 15) is 4.39 Å². The summed E-state index contributed by atoms with van der Waals surface area (Å²) < 4.78 is 12.3. The van der Waals surface area contributed by atoms with E-state index in [-0.39, 0.29) is 5.41 Å². The number of pyridine rings is 1. The summed E-state index contributed by atoms with van der Waals surface area (Å²) in [6, 6.07) is 5.55. The monoisotopic (exact) mass is 223 g/mol. The molecule has 4 N–H and O–H groups in total. The lowest BCUT2D eigenvalue weighted by molar-refractivity contribution is 0.467. The van der Waals surface area contributed by atoms with Crippen LogP contribution in [0.25, 0.3) is 0 Å². The highest BCUT2D eigenvalue weighted by Gasteiger charge is 2.21. The molecular formula is C12H18FN3. The highest BCUT2D eigenvalue weighted by Crippen LogP contribution is 2.27. The normalized spacial score (nSPS) is 12.8. The van der Waals surface area contributed by atoms with Crippen LogP contribution in [0.3, 0.4) is 0 Å². The Balaban J connectivity index is 2.73. The molecule has 0 aliphatic carbocycles. The molecule has 0 radical (unpaired) electrons. The van der Waals surface area contributed by atoms with Gasteiger partial charge in [-0.15, -0.1) is 0 Å². The summed E-state index contributed by atoms with van der Waals surface area (Å²) >= 11 is 0. The van der Waals surface area contributed by atoms with Crippen LogP contribution in [0.1, 0.15) is 32.4 Å². The van der Waals surface area contributed by atoms with Crippen molar-refractivity contribution in [1.82, 2.24) is 4.98 Å². The van der Waals surface area contributed by atoms with Crippen LogP contribution in [-0.4, -0.2) is 4.98 Å². The molecular weight excluding hydrogens is 205 g/mol. The number of nitrogens with two attached hydrogens (primary N) is 2. The maximum absolute atomic E-state index is 12.3. The summed E-state index contributed by atoms with van der Waals surface area (Å²) in [6.07, 6.45) is 2.74. The molecule has 0 fully saturated rings. The second-order valence-corrected chi connectivity index (χ2v) is 4.46. The van der Waals surface area contributed by atoms with E-state index in [2.05, 4.69) is 18.8 Å². The summed E-state index contributed by atoms with van der Waals surface area (Å²) in [4.78, 5) is 4.27. The first-order valence-corrected chi connectivity index (χ1v) is 5.26. The zero-order valence-corrected chi connectivity index (χ0v) is 9.70. The number of aromatic nitrogens is 1. The third-order valence-corrected chi connectivity index (χ3v) is 2.57. The Labute approximate surface area is 95.4 Å². The molecule has 0 aromatic carbocycles. The molecule has 16 heavy (non-hydrogen) atoms. The number of rotatable bonds is 4. The van der Waals surface area contributed by atoms with Gasteiger partial charge in [0.1, 0.15) is 5.82 Å². The first kappa shape index (κ1) is 12.5. The lowest BCUT2D eigenvalue weighted by Crippen LogP contribution is -2.19. The van der Waals surface area contributed by atoms with Crippen LogP contribution in [0.5, 0.6) is 0 Å². The predicted molar refractivity (Wildman–Crippen MR) is 64.3 cm³/mol. The molecule has 1 heterocycles. The van der Waals surface area contributed by atoms with E-state index in [1.807, 2.05) is 12.1 Å². The minimum absolute atomic E-state index is 0.138. The van der Waals surface area contributed by atoms with Crippen molar-refractivity contribution in [3.8, 4) is 0 Å². The van der Waals surface area contributed by atoms with Crippen molar-refractivity contribution in [1.29, 1.82) is 0 Å². The Morgan fingerprint density at radius 2 is 2.19 bits per heavy atom. The quantitative estimate of drug-likeness (QED) is 0.771. The van der Waals surface area contributed by atoms with Crippen molar-refractivity contribution in [3.63, 3.8) is 0 Å². The van der Waals surface area contributed by atoms with Crippen LogP contribution in [0.2, 0.25) is 0 Å². The van der Waals surface area contributed by atoms with E-state index in [0.717, 1.165) is 12.1 Å². The van der Waals surface area contributed by atoms with Crippen LogP contribution in [-0.2, 0) is 5.41 Å². The van der Waals surface area contributed by atoms with Gasteiger partial charge in [0.15, 0.2) is 5.95 Å². The van der Waals surface area contributed by atoms with Gasteiger partial charge in [-0.2, -0.15) is 4.39 Å². The van der Waals surface area contributed by atoms with Gasteiger partial charge in [-0.3, -0.25) is 0 Å². The van der Waals surface area contributed by atoms with Crippen LogP contribution >= 0.6 is 0 Å². The van der Waals surface area contributed by atoms with Crippen LogP contribution < -0.4 is 11.5 Å². The van der Waals surface area contributed by atoms with Gasteiger partial charge >= 0.3 is 0 Å². The Morgan fingerprint density at radius 3 is 2.75 bits per heavy atom. The summed E-state index contributed by atoms with van der Waals surface area (Å²) in [5, 5.41) is 0. The molecule has 0 unspecified atom stereocenters. The number of hydrogen-bond acceptors (Lipinski definition) is 3. The molecule has 0 bridgehead atoms. The molecule has 0 aliphatic heterocycles. The summed E-state index contributed by atoms with van der Waals surface area (Å²) in [5.74, 6) is -0.123. The van der Waals surface area contributed by atoms with Gasteiger partial charge in [-0.25, -0.2) is 4.98 Å². The minimum atomic E-state index is -0.628. The lowest BCUT2D eigenvalue weighted by atomic mass is 9.84. The number of nitrogen functional groups attached to an aromatic ring is 1. The highest BCUT2D eigenvalue weighted by molar-refractivity contribution is 5.31. The van der Waals surface area contributed by atoms with E-state index >= 15 is 0 Å². The summed E-state index contributed by atoms with van der Waals surface area (Å²) in [6.45, 7) is 4.11. The molecule has 0 aliphatic rings. The smallest absolute Gasteiger partial charge is 0.180 e. The van der Waals surface area contributed by atoms with Gasteiger partial charge in [0.05, 0.1) is 0 Å². The second-order valence-electron chi connectivity index (χ2n) is 4.46. The van der Waals surface area contributed by atoms with Gasteiger partial charge in [0.25, 0.3) is 0 Å². The van der Waals surface area contributed by atoms with Crippen LogP contribution in [0.15, 0.2) is 30.2 Å². The maximum Gasteiger partial charge on any atom is 0.180 e. The maximum atomic E-state index is 12.3. The standard InChI is InChI=1S/C12H18FN3/c1-12(2,8-4-6-10(13)14)9-5-3-7-11(15)16-9/h3,5-7H,4,8,14H2,1-2H3,(H2,15,16)/b10-6-. The topological polar surface area (TPSA) is 64.9 Å². The fraction of sp³-hybridized carbons (Fsp3) is 0.417. The molecule has 0 amide bonds. The molecule has 88 valence electrons. The van der Waals surface area contributed by atoms with E-state index in [1.54, 1.807) is 6.07 Å². The molecule has 3 nitrogen and oxygen atoms in total. The minimum Gasteiger partial charge on any atom is -0.384 e. The number of anilines is 1.